The van der Waals surface area contributed by atoms with Crippen molar-refractivity contribution in [3.8, 4) is 0 Å². The van der Waals surface area contributed by atoms with E-state index in [1.807, 2.05) is 24.3 Å². The summed E-state index contributed by atoms with van der Waals surface area (Å²) in [5, 5.41) is 8.97. The molecule has 0 radical (unpaired) electrons. The lowest BCUT2D eigenvalue weighted by Crippen LogP contribution is -1.99. The summed E-state index contributed by atoms with van der Waals surface area (Å²) in [6, 6.07) is 9.74. The fourth-order valence-corrected chi connectivity index (χ4v) is 1.89. The van der Waals surface area contributed by atoms with Crippen LogP contribution in [0.3, 0.4) is 0 Å². The fourth-order valence-electron chi connectivity index (χ4n) is 1.44. The molecule has 0 spiro atoms. The number of halogens is 1. The minimum atomic E-state index is -0.0476. The zero-order chi connectivity index (χ0) is 11.4. The van der Waals surface area contributed by atoms with Crippen molar-refractivity contribution in [1.29, 1.82) is 0 Å². The van der Waals surface area contributed by atoms with Crippen LogP contribution >= 0.6 is 15.9 Å². The summed E-state index contributed by atoms with van der Waals surface area (Å²) < 4.78 is 1.04. The van der Waals surface area contributed by atoms with Crippen molar-refractivity contribution < 1.29 is 5.11 Å². The minimum Gasteiger partial charge on any atom is -0.390 e. The van der Waals surface area contributed by atoms with Gasteiger partial charge >= 0.3 is 0 Å². The Morgan fingerprint density at radius 2 is 2.12 bits per heavy atom. The van der Waals surface area contributed by atoms with Gasteiger partial charge in [-0.15, -0.1) is 0 Å². The molecule has 16 heavy (non-hydrogen) atoms. The lowest BCUT2D eigenvalue weighted by atomic mass is 10.1. The molecule has 0 aliphatic heterocycles. The van der Waals surface area contributed by atoms with Gasteiger partial charge in [0.25, 0.3) is 0 Å². The largest absolute Gasteiger partial charge is 0.390 e. The van der Waals surface area contributed by atoms with Crippen molar-refractivity contribution in [2.45, 2.75) is 13.0 Å². The molecular formula is C12H11BrN2O. The summed E-state index contributed by atoms with van der Waals surface area (Å²) in [7, 11) is 0. The molecule has 0 saturated carbocycles. The Bertz CT molecular complexity index is 488. The predicted octanol–water partition coefficient (Wildman–Crippen LogP) is 2.32. The first-order valence-corrected chi connectivity index (χ1v) is 5.73. The molecule has 1 aromatic heterocycles. The van der Waals surface area contributed by atoms with Crippen LogP contribution in [0.1, 0.15) is 17.1 Å². The molecule has 0 saturated heterocycles. The Morgan fingerprint density at radius 1 is 1.25 bits per heavy atom. The smallest absolute Gasteiger partial charge is 0.132 e. The van der Waals surface area contributed by atoms with E-state index in [0.29, 0.717) is 12.1 Å². The number of aliphatic hydroxyl groups is 1. The average molecular weight is 279 g/mol. The highest BCUT2D eigenvalue weighted by molar-refractivity contribution is 9.10. The van der Waals surface area contributed by atoms with E-state index >= 15 is 0 Å². The summed E-state index contributed by atoms with van der Waals surface area (Å²) in [4.78, 5) is 8.41. The van der Waals surface area contributed by atoms with Crippen LogP contribution in [0, 0.1) is 0 Å². The molecule has 2 aromatic rings. The van der Waals surface area contributed by atoms with Crippen molar-refractivity contribution in [3.05, 3.63) is 58.1 Å². The maximum atomic E-state index is 8.97. The molecule has 0 bridgehead atoms. The zero-order valence-corrected chi connectivity index (χ0v) is 10.2. The van der Waals surface area contributed by atoms with E-state index in [9.17, 15) is 0 Å². The third-order valence-electron chi connectivity index (χ3n) is 2.18. The van der Waals surface area contributed by atoms with E-state index < -0.39 is 0 Å². The second-order valence-electron chi connectivity index (χ2n) is 3.43. The average Bonchev–Trinajstić information content (AvgIpc) is 2.29. The maximum Gasteiger partial charge on any atom is 0.132 e. The lowest BCUT2D eigenvalue weighted by molar-refractivity contribution is 0.276. The second-order valence-corrected chi connectivity index (χ2v) is 4.34. The summed E-state index contributed by atoms with van der Waals surface area (Å²) in [6.07, 6.45) is 2.35. The van der Waals surface area contributed by atoms with E-state index in [1.54, 1.807) is 12.3 Å². The summed E-state index contributed by atoms with van der Waals surface area (Å²) in [5.74, 6) is 0.727. The fraction of sp³-hybridized carbons (Fsp3) is 0.167. The quantitative estimate of drug-likeness (QED) is 0.937. The van der Waals surface area contributed by atoms with Crippen LogP contribution in [0.25, 0.3) is 0 Å². The van der Waals surface area contributed by atoms with Gasteiger partial charge in [-0.3, -0.25) is 0 Å². The van der Waals surface area contributed by atoms with Gasteiger partial charge in [-0.05, 0) is 23.8 Å². The van der Waals surface area contributed by atoms with Gasteiger partial charge in [0.05, 0.1) is 12.3 Å². The molecule has 0 amide bonds. The molecule has 4 heteroatoms. The van der Waals surface area contributed by atoms with E-state index in [2.05, 4.69) is 25.9 Å². The standard InChI is InChI=1S/C12H11BrN2O/c13-10-3-1-2-9(6-10)7-12-14-5-4-11(8-16)15-12/h1-6,16H,7-8H2. The maximum absolute atomic E-state index is 8.97. The van der Waals surface area contributed by atoms with Gasteiger partial charge in [-0.2, -0.15) is 0 Å². The molecule has 0 fully saturated rings. The number of hydrogen-bond donors (Lipinski definition) is 1. The van der Waals surface area contributed by atoms with Gasteiger partial charge in [0.15, 0.2) is 0 Å². The highest BCUT2D eigenvalue weighted by Gasteiger charge is 2.01. The van der Waals surface area contributed by atoms with Crippen molar-refractivity contribution in [3.63, 3.8) is 0 Å². The SMILES string of the molecule is OCc1ccnc(Cc2cccc(Br)c2)n1. The molecule has 2 rings (SSSR count). The topological polar surface area (TPSA) is 46.0 Å². The van der Waals surface area contributed by atoms with Crippen LogP contribution in [-0.2, 0) is 13.0 Å². The number of nitrogens with zero attached hydrogens (tertiary/aromatic N) is 2. The van der Waals surface area contributed by atoms with Crippen LogP contribution in [-0.4, -0.2) is 15.1 Å². The molecule has 0 aliphatic rings. The Morgan fingerprint density at radius 3 is 2.88 bits per heavy atom. The van der Waals surface area contributed by atoms with Crippen molar-refractivity contribution in [1.82, 2.24) is 9.97 Å². The van der Waals surface area contributed by atoms with Gasteiger partial charge in [0.1, 0.15) is 5.82 Å². The van der Waals surface area contributed by atoms with E-state index in [4.69, 9.17) is 5.11 Å². The number of aromatic nitrogens is 2. The summed E-state index contributed by atoms with van der Waals surface area (Å²) >= 11 is 3.42. The normalized spacial score (nSPS) is 10.4. The van der Waals surface area contributed by atoms with Crippen molar-refractivity contribution in [2.24, 2.45) is 0 Å². The Hall–Kier alpha value is -1.26. The van der Waals surface area contributed by atoms with Gasteiger partial charge in [0.2, 0.25) is 0 Å². The minimum absolute atomic E-state index is 0.0476. The van der Waals surface area contributed by atoms with E-state index in [-0.39, 0.29) is 6.61 Å². The lowest BCUT2D eigenvalue weighted by Gasteiger charge is -2.02. The van der Waals surface area contributed by atoms with Crippen LogP contribution in [0.15, 0.2) is 41.0 Å². The van der Waals surface area contributed by atoms with Crippen LogP contribution in [0.2, 0.25) is 0 Å². The van der Waals surface area contributed by atoms with Crippen LogP contribution in [0.5, 0.6) is 0 Å². The third kappa shape index (κ3) is 2.87. The first-order valence-electron chi connectivity index (χ1n) is 4.94. The molecular weight excluding hydrogens is 268 g/mol. The van der Waals surface area contributed by atoms with Crippen LogP contribution in [0.4, 0.5) is 0 Å². The molecule has 0 unspecified atom stereocenters. The summed E-state index contributed by atoms with van der Waals surface area (Å²) in [6.45, 7) is -0.0476. The van der Waals surface area contributed by atoms with Crippen molar-refractivity contribution in [2.75, 3.05) is 0 Å². The monoisotopic (exact) mass is 278 g/mol. The Labute approximate surface area is 102 Å². The molecule has 0 aliphatic carbocycles. The van der Waals surface area contributed by atoms with Gasteiger partial charge in [0, 0.05) is 17.1 Å². The highest BCUT2D eigenvalue weighted by atomic mass is 79.9. The van der Waals surface area contributed by atoms with Gasteiger partial charge in [-0.1, -0.05) is 28.1 Å². The van der Waals surface area contributed by atoms with E-state index in [0.717, 1.165) is 15.9 Å². The first-order chi connectivity index (χ1) is 7.78. The predicted molar refractivity (Wildman–Crippen MR) is 64.9 cm³/mol. The molecule has 1 heterocycles. The molecule has 0 atom stereocenters. The van der Waals surface area contributed by atoms with Gasteiger partial charge < -0.3 is 5.11 Å². The molecule has 3 nitrogen and oxygen atoms in total. The number of aliphatic hydroxyl groups excluding tert-OH is 1. The van der Waals surface area contributed by atoms with Crippen molar-refractivity contribution >= 4 is 15.9 Å². The number of rotatable bonds is 3. The van der Waals surface area contributed by atoms with E-state index in [1.165, 1.54) is 0 Å². The Kier molecular flexibility index (Phi) is 3.64. The summed E-state index contributed by atoms with van der Waals surface area (Å²) in [5.41, 5.74) is 1.80. The number of hydrogen-bond acceptors (Lipinski definition) is 3. The highest BCUT2D eigenvalue weighted by Crippen LogP contribution is 2.13. The molecule has 82 valence electrons. The number of benzene rings is 1. The first kappa shape index (κ1) is 11.2. The molecule has 1 aromatic carbocycles. The molecule has 1 N–H and O–H groups in total. The van der Waals surface area contributed by atoms with Gasteiger partial charge in [-0.25, -0.2) is 9.97 Å². The third-order valence-corrected chi connectivity index (χ3v) is 2.67. The Balaban J connectivity index is 2.20. The second kappa shape index (κ2) is 5.18. The van der Waals surface area contributed by atoms with Crippen LogP contribution < -0.4 is 0 Å². The zero-order valence-electron chi connectivity index (χ0n) is 8.60.